The number of hydrogen-bond acceptors (Lipinski definition) is 4. The zero-order chi connectivity index (χ0) is 38.6. The van der Waals surface area contributed by atoms with Gasteiger partial charge in [0.1, 0.15) is 22.8 Å². The van der Waals surface area contributed by atoms with Gasteiger partial charge in [0, 0.05) is 44.1 Å². The zero-order valence-corrected chi connectivity index (χ0v) is 31.2. The summed E-state index contributed by atoms with van der Waals surface area (Å²) in [6.45, 7) is 0. The van der Waals surface area contributed by atoms with Gasteiger partial charge in [0.05, 0.1) is 27.8 Å². The van der Waals surface area contributed by atoms with Crippen molar-refractivity contribution in [3.8, 4) is 67.9 Å². The van der Waals surface area contributed by atoms with Crippen LogP contribution in [0.5, 0.6) is 0 Å². The second-order valence-corrected chi connectivity index (χ2v) is 14.4. The van der Waals surface area contributed by atoms with Crippen LogP contribution in [0.15, 0.2) is 199 Å². The molecule has 11 aromatic rings. The minimum Gasteiger partial charge on any atom is -0.455 e. The van der Waals surface area contributed by atoms with Crippen molar-refractivity contribution >= 4 is 43.7 Å². The number of fused-ring (bicyclic) bond motifs is 7. The van der Waals surface area contributed by atoms with Gasteiger partial charge in [-0.1, -0.05) is 158 Å². The van der Waals surface area contributed by atoms with Crippen molar-refractivity contribution in [3.63, 3.8) is 0 Å². The number of aromatic nitrogens is 3. The SMILES string of the molecule is N#Cc1c(-c2ccccc2)nc(-c2ccc(-n3c4ccccc4c4c5oc6c(-c7ccccc7)cccc6c5ccc43)cc2-c2ccccc2)nc1-c1ccccc1. The maximum Gasteiger partial charge on any atom is 0.161 e. The Labute approximate surface area is 334 Å². The number of nitrogens with zero attached hydrogens (tertiary/aromatic N) is 4. The van der Waals surface area contributed by atoms with Crippen LogP contribution in [-0.2, 0) is 0 Å². The van der Waals surface area contributed by atoms with E-state index in [0.717, 1.165) is 88.4 Å². The van der Waals surface area contributed by atoms with Gasteiger partial charge in [-0.3, -0.25) is 0 Å². The van der Waals surface area contributed by atoms with Gasteiger partial charge in [-0.05, 0) is 53.1 Å². The van der Waals surface area contributed by atoms with Crippen LogP contribution < -0.4 is 0 Å². The van der Waals surface area contributed by atoms with Crippen molar-refractivity contribution in [2.24, 2.45) is 0 Å². The second-order valence-electron chi connectivity index (χ2n) is 14.4. The molecule has 11 rings (SSSR count). The fourth-order valence-corrected chi connectivity index (χ4v) is 8.45. The van der Waals surface area contributed by atoms with Crippen LogP contribution >= 0.6 is 0 Å². The topological polar surface area (TPSA) is 67.6 Å². The molecule has 3 aromatic heterocycles. The van der Waals surface area contributed by atoms with Gasteiger partial charge >= 0.3 is 0 Å². The van der Waals surface area contributed by atoms with Crippen molar-refractivity contribution in [2.75, 3.05) is 0 Å². The van der Waals surface area contributed by atoms with Crippen molar-refractivity contribution in [1.29, 1.82) is 5.26 Å². The molecule has 0 aliphatic carbocycles. The Morgan fingerprint density at radius 2 is 0.983 bits per heavy atom. The number of furan rings is 1. The van der Waals surface area contributed by atoms with E-state index in [1.165, 1.54) is 0 Å². The van der Waals surface area contributed by atoms with Gasteiger partial charge in [-0.25, -0.2) is 9.97 Å². The van der Waals surface area contributed by atoms with Crippen LogP contribution in [0.4, 0.5) is 0 Å². The number of rotatable bonds is 6. The molecule has 0 bridgehead atoms. The molecule has 0 spiro atoms. The van der Waals surface area contributed by atoms with Crippen LogP contribution in [0.1, 0.15) is 5.56 Å². The highest BCUT2D eigenvalue weighted by Gasteiger charge is 2.23. The highest BCUT2D eigenvalue weighted by Crippen LogP contribution is 2.44. The minimum absolute atomic E-state index is 0.442. The molecule has 0 aliphatic heterocycles. The van der Waals surface area contributed by atoms with Crippen LogP contribution in [0.25, 0.3) is 106 Å². The van der Waals surface area contributed by atoms with E-state index in [1.807, 2.05) is 72.8 Å². The molecular formula is C53H32N4O. The third-order valence-electron chi connectivity index (χ3n) is 11.1. The molecule has 0 fully saturated rings. The Morgan fingerprint density at radius 3 is 1.62 bits per heavy atom. The van der Waals surface area contributed by atoms with E-state index in [9.17, 15) is 5.26 Å². The quantitative estimate of drug-likeness (QED) is 0.170. The first-order chi connectivity index (χ1) is 28.7. The zero-order valence-electron chi connectivity index (χ0n) is 31.2. The molecule has 270 valence electrons. The van der Waals surface area contributed by atoms with Gasteiger partial charge in [0.25, 0.3) is 0 Å². The van der Waals surface area contributed by atoms with Crippen LogP contribution in [0, 0.1) is 11.3 Å². The summed E-state index contributed by atoms with van der Waals surface area (Å²) in [7, 11) is 0. The fraction of sp³-hybridized carbons (Fsp3) is 0. The monoisotopic (exact) mass is 740 g/mol. The van der Waals surface area contributed by atoms with Gasteiger partial charge in [-0.2, -0.15) is 5.26 Å². The predicted octanol–water partition coefficient (Wildman–Crippen LogP) is 13.7. The number of benzene rings is 8. The summed E-state index contributed by atoms with van der Waals surface area (Å²) in [5.74, 6) is 0.544. The standard InChI is InChI=1S/C53H32N4O/c54-33-45-49(36-20-9-3-10-21-36)55-53(56-50(45)37-22-11-4-12-23-37)42-29-28-38(32-44(42)35-18-7-2-8-19-35)57-46-27-14-13-24-43(46)48-47(57)31-30-41-40-26-15-25-39(51(40)58-52(41)48)34-16-5-1-6-17-34/h1-32H. The van der Waals surface area contributed by atoms with E-state index in [0.29, 0.717) is 22.8 Å². The summed E-state index contributed by atoms with van der Waals surface area (Å²) < 4.78 is 9.27. The van der Waals surface area contributed by atoms with E-state index < -0.39 is 0 Å². The average Bonchev–Trinajstić information content (AvgIpc) is 3.85. The molecule has 0 unspecified atom stereocenters. The third kappa shape index (κ3) is 5.31. The number of hydrogen-bond donors (Lipinski definition) is 0. The first-order valence-corrected chi connectivity index (χ1v) is 19.3. The molecule has 5 nitrogen and oxygen atoms in total. The van der Waals surface area contributed by atoms with Crippen molar-refractivity contribution in [1.82, 2.24) is 14.5 Å². The van der Waals surface area contributed by atoms with Crippen LogP contribution in [0.2, 0.25) is 0 Å². The minimum atomic E-state index is 0.442. The summed E-state index contributed by atoms with van der Waals surface area (Å²) in [6.07, 6.45) is 0. The molecule has 0 atom stereocenters. The lowest BCUT2D eigenvalue weighted by Crippen LogP contribution is -2.02. The summed E-state index contributed by atoms with van der Waals surface area (Å²) in [5, 5.41) is 14.9. The van der Waals surface area contributed by atoms with Crippen molar-refractivity contribution in [3.05, 3.63) is 200 Å². The Hall–Kier alpha value is -8.07. The Morgan fingerprint density at radius 1 is 0.431 bits per heavy atom. The Balaban J connectivity index is 1.17. The third-order valence-corrected chi connectivity index (χ3v) is 11.1. The maximum absolute atomic E-state index is 10.6. The summed E-state index contributed by atoms with van der Waals surface area (Å²) >= 11 is 0. The van der Waals surface area contributed by atoms with Crippen molar-refractivity contribution < 1.29 is 4.42 Å². The molecule has 0 aliphatic rings. The largest absolute Gasteiger partial charge is 0.455 e. The summed E-state index contributed by atoms with van der Waals surface area (Å²) in [5.41, 5.74) is 13.3. The molecule has 8 aromatic carbocycles. The molecule has 0 radical (unpaired) electrons. The van der Waals surface area contributed by atoms with E-state index in [-0.39, 0.29) is 0 Å². The lowest BCUT2D eigenvalue weighted by molar-refractivity contribution is 0.674. The van der Waals surface area contributed by atoms with E-state index in [4.69, 9.17) is 14.4 Å². The van der Waals surface area contributed by atoms with Crippen LogP contribution in [0.3, 0.4) is 0 Å². The van der Waals surface area contributed by atoms with Gasteiger partial charge < -0.3 is 8.98 Å². The Bertz CT molecular complexity index is 3320. The van der Waals surface area contributed by atoms with Crippen molar-refractivity contribution in [2.45, 2.75) is 0 Å². The molecule has 0 saturated carbocycles. The predicted molar refractivity (Wildman–Crippen MR) is 236 cm³/mol. The highest BCUT2D eigenvalue weighted by atomic mass is 16.3. The number of para-hydroxylation sites is 2. The van der Waals surface area contributed by atoms with E-state index in [1.54, 1.807) is 0 Å². The Kier molecular flexibility index (Phi) is 7.80. The lowest BCUT2D eigenvalue weighted by atomic mass is 9.96. The van der Waals surface area contributed by atoms with Gasteiger partial charge in [0.2, 0.25) is 0 Å². The molecule has 5 heteroatoms. The average molecular weight is 741 g/mol. The first kappa shape index (κ1) is 33.3. The molecular weight excluding hydrogens is 709 g/mol. The van der Waals surface area contributed by atoms with Gasteiger partial charge in [-0.15, -0.1) is 0 Å². The van der Waals surface area contributed by atoms with Gasteiger partial charge in [0.15, 0.2) is 5.82 Å². The molecule has 3 heterocycles. The summed E-state index contributed by atoms with van der Waals surface area (Å²) in [4.78, 5) is 10.4. The summed E-state index contributed by atoms with van der Waals surface area (Å²) in [6, 6.07) is 68.9. The molecule has 0 saturated heterocycles. The molecule has 0 N–H and O–H groups in total. The fourth-order valence-electron chi connectivity index (χ4n) is 8.45. The van der Waals surface area contributed by atoms with E-state index in [2.05, 4.69) is 132 Å². The van der Waals surface area contributed by atoms with E-state index >= 15 is 0 Å². The smallest absolute Gasteiger partial charge is 0.161 e. The normalized spacial score (nSPS) is 11.4. The lowest BCUT2D eigenvalue weighted by Gasteiger charge is -2.16. The first-order valence-electron chi connectivity index (χ1n) is 19.3. The van der Waals surface area contributed by atoms with Crippen LogP contribution in [-0.4, -0.2) is 14.5 Å². The molecule has 58 heavy (non-hydrogen) atoms. The highest BCUT2D eigenvalue weighted by molar-refractivity contribution is 6.24. The maximum atomic E-state index is 10.6. The second kappa shape index (κ2) is 13.6. The molecule has 0 amide bonds. The number of nitriles is 1.